The van der Waals surface area contributed by atoms with Crippen LogP contribution in [0.1, 0.15) is 55.2 Å². The number of aromatic hydroxyl groups is 1. The summed E-state index contributed by atoms with van der Waals surface area (Å²) in [7, 11) is 0. The number of benzene rings is 1. The van der Waals surface area contributed by atoms with Gasteiger partial charge >= 0.3 is 0 Å². The number of isocyanates is 1. The molecule has 0 heterocycles. The Labute approximate surface area is 123 Å². The minimum atomic E-state index is -0.609. The van der Waals surface area contributed by atoms with Gasteiger partial charge in [0.15, 0.2) is 0 Å². The number of rotatable bonds is 2. The van der Waals surface area contributed by atoms with Gasteiger partial charge in [-0.25, -0.2) is 4.79 Å². The summed E-state index contributed by atoms with van der Waals surface area (Å²) in [6.07, 6.45) is 9.46. The monoisotopic (exact) mass is 291 g/mol. The van der Waals surface area contributed by atoms with E-state index in [9.17, 15) is 9.90 Å². The maximum Gasteiger partial charge on any atom is 0.235 e. The number of phenolic OH excluding ortho intramolecular Hbond substituents is 1. The molecule has 2 aliphatic carbocycles. The number of hydrogen-bond donors (Lipinski definition) is 1. The van der Waals surface area contributed by atoms with E-state index < -0.39 is 5.54 Å². The molecule has 1 N–H and O–H groups in total. The summed E-state index contributed by atoms with van der Waals surface area (Å²) < 4.78 is 0. The van der Waals surface area contributed by atoms with E-state index in [0.29, 0.717) is 5.02 Å². The first kappa shape index (κ1) is 13.7. The lowest BCUT2D eigenvalue weighted by Crippen LogP contribution is -2.20. The van der Waals surface area contributed by atoms with Gasteiger partial charge < -0.3 is 5.11 Å². The van der Waals surface area contributed by atoms with Gasteiger partial charge in [-0.05, 0) is 55.7 Å². The van der Waals surface area contributed by atoms with Gasteiger partial charge in [0.05, 0.1) is 5.02 Å². The van der Waals surface area contributed by atoms with Gasteiger partial charge in [-0.15, -0.1) is 0 Å². The third-order valence-corrected chi connectivity index (χ3v) is 5.16. The summed E-state index contributed by atoms with van der Waals surface area (Å²) in [5.41, 5.74) is 2.40. The van der Waals surface area contributed by atoms with E-state index in [1.165, 1.54) is 5.56 Å². The van der Waals surface area contributed by atoms with Crippen LogP contribution in [0.25, 0.3) is 0 Å². The summed E-state index contributed by atoms with van der Waals surface area (Å²) in [5, 5.41) is 10.9. The second kappa shape index (κ2) is 5.23. The molecule has 3 rings (SSSR count). The van der Waals surface area contributed by atoms with E-state index >= 15 is 0 Å². The number of nitrogens with zero attached hydrogens (tertiary/aromatic N) is 1. The van der Waals surface area contributed by atoms with Crippen LogP contribution in [0.3, 0.4) is 0 Å². The van der Waals surface area contributed by atoms with Gasteiger partial charge in [0.2, 0.25) is 6.08 Å². The van der Waals surface area contributed by atoms with E-state index in [0.717, 1.165) is 62.5 Å². The Balaban J connectivity index is 2.18. The molecule has 1 saturated carbocycles. The second-order valence-corrected chi connectivity index (χ2v) is 6.25. The average Bonchev–Trinajstić information content (AvgIpc) is 2.93. The fourth-order valence-corrected chi connectivity index (χ4v) is 4.00. The second-order valence-electron chi connectivity index (χ2n) is 5.87. The van der Waals surface area contributed by atoms with Crippen molar-refractivity contribution in [2.45, 2.75) is 56.9 Å². The van der Waals surface area contributed by atoms with Crippen molar-refractivity contribution in [2.75, 3.05) is 0 Å². The summed E-state index contributed by atoms with van der Waals surface area (Å²) in [6.45, 7) is 0. The Morgan fingerprint density at radius 2 is 1.90 bits per heavy atom. The topological polar surface area (TPSA) is 49.7 Å². The van der Waals surface area contributed by atoms with Crippen molar-refractivity contribution in [3.63, 3.8) is 0 Å². The van der Waals surface area contributed by atoms with Crippen LogP contribution in [-0.2, 0) is 23.2 Å². The molecular weight excluding hydrogens is 274 g/mol. The zero-order valence-corrected chi connectivity index (χ0v) is 12.2. The minimum absolute atomic E-state index is 0.119. The third-order valence-electron chi connectivity index (χ3n) is 4.75. The predicted molar refractivity (Wildman–Crippen MR) is 78.0 cm³/mol. The summed E-state index contributed by atoms with van der Waals surface area (Å²) in [4.78, 5) is 14.9. The quantitative estimate of drug-likeness (QED) is 0.660. The van der Waals surface area contributed by atoms with Gasteiger partial charge in [0.1, 0.15) is 11.3 Å². The van der Waals surface area contributed by atoms with Crippen molar-refractivity contribution >= 4 is 17.7 Å². The summed E-state index contributed by atoms with van der Waals surface area (Å²) in [6, 6.07) is 2.03. The number of aliphatic imine (C=N–C) groups is 1. The van der Waals surface area contributed by atoms with Crippen LogP contribution in [0.5, 0.6) is 5.75 Å². The molecule has 0 spiro atoms. The Morgan fingerprint density at radius 1 is 1.20 bits per heavy atom. The molecule has 0 atom stereocenters. The molecule has 106 valence electrons. The average molecular weight is 292 g/mol. The van der Waals surface area contributed by atoms with Crippen molar-refractivity contribution in [3.8, 4) is 5.75 Å². The number of phenols is 1. The zero-order valence-electron chi connectivity index (χ0n) is 11.4. The first-order chi connectivity index (χ1) is 9.68. The van der Waals surface area contributed by atoms with Crippen molar-refractivity contribution in [1.29, 1.82) is 0 Å². The Morgan fingerprint density at radius 3 is 2.60 bits per heavy atom. The van der Waals surface area contributed by atoms with Crippen molar-refractivity contribution < 1.29 is 9.90 Å². The first-order valence-electron chi connectivity index (χ1n) is 7.31. The van der Waals surface area contributed by atoms with Crippen molar-refractivity contribution in [2.24, 2.45) is 4.99 Å². The molecule has 20 heavy (non-hydrogen) atoms. The zero-order chi connectivity index (χ0) is 14.2. The predicted octanol–water partition coefficient (Wildman–Crippen LogP) is 4.03. The largest absolute Gasteiger partial charge is 0.506 e. The summed E-state index contributed by atoms with van der Waals surface area (Å²) in [5.74, 6) is 0.119. The Hall–Kier alpha value is -1.31. The van der Waals surface area contributed by atoms with Crippen LogP contribution >= 0.6 is 11.6 Å². The third kappa shape index (κ3) is 2.06. The lowest BCUT2D eigenvalue weighted by atomic mass is 9.82. The lowest BCUT2D eigenvalue weighted by molar-refractivity contribution is 0.407. The van der Waals surface area contributed by atoms with E-state index in [4.69, 9.17) is 11.6 Å². The Kier molecular flexibility index (Phi) is 3.57. The molecule has 1 aromatic rings. The molecular formula is C16H18ClNO2. The fraction of sp³-hybridized carbons (Fsp3) is 0.562. The molecule has 1 aromatic carbocycles. The van der Waals surface area contributed by atoms with Gasteiger partial charge in [-0.1, -0.05) is 24.4 Å². The number of fused-ring (bicyclic) bond motifs is 1. The highest BCUT2D eigenvalue weighted by atomic mass is 35.5. The van der Waals surface area contributed by atoms with E-state index in [1.807, 2.05) is 6.07 Å². The SMILES string of the molecule is O=C=NC1(c2cc3c(c(Cl)c2O)CCCC3)CCCC1. The molecule has 1 fully saturated rings. The number of carbonyl (C=O) groups excluding carboxylic acids is 1. The molecule has 0 aromatic heterocycles. The molecule has 0 amide bonds. The highest BCUT2D eigenvalue weighted by Gasteiger charge is 2.39. The van der Waals surface area contributed by atoms with Crippen LogP contribution in [0.4, 0.5) is 0 Å². The van der Waals surface area contributed by atoms with E-state index in [-0.39, 0.29) is 5.75 Å². The molecule has 2 aliphatic rings. The van der Waals surface area contributed by atoms with Crippen LogP contribution in [-0.4, -0.2) is 11.2 Å². The number of halogens is 1. The molecule has 4 heteroatoms. The van der Waals surface area contributed by atoms with Crippen LogP contribution in [0.2, 0.25) is 5.02 Å². The molecule has 3 nitrogen and oxygen atoms in total. The van der Waals surface area contributed by atoms with Crippen molar-refractivity contribution in [3.05, 3.63) is 27.8 Å². The smallest absolute Gasteiger partial charge is 0.235 e. The first-order valence-corrected chi connectivity index (χ1v) is 7.68. The normalized spacial score (nSPS) is 20.2. The molecule has 0 radical (unpaired) electrons. The Bertz CT molecular complexity index is 585. The minimum Gasteiger partial charge on any atom is -0.506 e. The van der Waals surface area contributed by atoms with Gasteiger partial charge in [-0.2, -0.15) is 4.99 Å². The highest BCUT2D eigenvalue weighted by Crippen LogP contribution is 2.49. The van der Waals surface area contributed by atoms with Crippen LogP contribution < -0.4 is 0 Å². The van der Waals surface area contributed by atoms with Crippen molar-refractivity contribution in [1.82, 2.24) is 0 Å². The maximum absolute atomic E-state index is 10.8. The van der Waals surface area contributed by atoms with Crippen LogP contribution in [0, 0.1) is 0 Å². The summed E-state index contributed by atoms with van der Waals surface area (Å²) >= 11 is 6.37. The maximum atomic E-state index is 10.8. The van der Waals surface area contributed by atoms with E-state index in [2.05, 4.69) is 4.99 Å². The fourth-order valence-electron chi connectivity index (χ4n) is 3.69. The molecule has 0 bridgehead atoms. The van der Waals surface area contributed by atoms with Gasteiger partial charge in [0.25, 0.3) is 0 Å². The van der Waals surface area contributed by atoms with E-state index in [1.54, 1.807) is 6.08 Å². The molecule has 0 unspecified atom stereocenters. The molecule has 0 saturated heterocycles. The van der Waals surface area contributed by atoms with Gasteiger partial charge in [-0.3, -0.25) is 0 Å². The number of hydrogen-bond acceptors (Lipinski definition) is 3. The van der Waals surface area contributed by atoms with Crippen LogP contribution in [0.15, 0.2) is 11.1 Å². The molecule has 0 aliphatic heterocycles. The van der Waals surface area contributed by atoms with Gasteiger partial charge in [0, 0.05) is 5.56 Å². The standard InChI is InChI=1S/C16H18ClNO2/c17-14-12-6-2-1-5-11(12)9-13(15(14)20)16(18-10-19)7-3-4-8-16/h9,20H,1-8H2. The number of aryl methyl sites for hydroxylation is 1. The highest BCUT2D eigenvalue weighted by molar-refractivity contribution is 6.33. The lowest BCUT2D eigenvalue weighted by Gasteiger charge is -2.28.